The van der Waals surface area contributed by atoms with E-state index in [0.717, 1.165) is 32.9 Å². The van der Waals surface area contributed by atoms with Crippen molar-refractivity contribution in [1.82, 2.24) is 9.97 Å². The third kappa shape index (κ3) is 3.14. The largest absolute Gasteiger partial charge is 0.320 e. The van der Waals surface area contributed by atoms with Crippen LogP contribution in [0, 0.1) is 6.92 Å². The summed E-state index contributed by atoms with van der Waals surface area (Å²) in [7, 11) is 0. The first-order chi connectivity index (χ1) is 12.2. The lowest BCUT2D eigenvalue weighted by Gasteiger charge is -2.09. The van der Waals surface area contributed by atoms with Gasteiger partial charge in [-0.2, -0.15) is 0 Å². The number of para-hydroxylation sites is 2. The van der Waals surface area contributed by atoms with Gasteiger partial charge < -0.3 is 5.32 Å². The standard InChI is InChI=1S/C20H15N3OS/c1-13-21-19(12-25-13)15-7-3-5-9-17(15)23-20(24)18-11-10-14-6-2-4-8-16(14)22-18/h2-12H,1H3,(H,23,24). The zero-order valence-corrected chi connectivity index (χ0v) is 14.4. The number of fused-ring (bicyclic) bond motifs is 1. The highest BCUT2D eigenvalue weighted by Crippen LogP contribution is 2.29. The Kier molecular flexibility index (Phi) is 3.99. The average molecular weight is 345 g/mol. The molecule has 0 saturated carbocycles. The number of amides is 1. The predicted octanol–water partition coefficient (Wildman–Crippen LogP) is 4.92. The number of carbonyl (C=O) groups is 1. The summed E-state index contributed by atoms with van der Waals surface area (Å²) in [6.45, 7) is 1.97. The Balaban J connectivity index is 1.66. The second-order valence-corrected chi connectivity index (χ2v) is 6.70. The smallest absolute Gasteiger partial charge is 0.274 e. The molecule has 1 amide bonds. The predicted molar refractivity (Wildman–Crippen MR) is 102 cm³/mol. The van der Waals surface area contributed by atoms with Crippen LogP contribution >= 0.6 is 11.3 Å². The van der Waals surface area contributed by atoms with E-state index in [1.807, 2.05) is 66.9 Å². The van der Waals surface area contributed by atoms with E-state index in [-0.39, 0.29) is 5.91 Å². The van der Waals surface area contributed by atoms with Crippen LogP contribution in [0.2, 0.25) is 0 Å². The Morgan fingerprint density at radius 2 is 1.76 bits per heavy atom. The van der Waals surface area contributed by atoms with Crippen molar-refractivity contribution in [3.05, 3.63) is 76.7 Å². The Morgan fingerprint density at radius 3 is 2.60 bits per heavy atom. The van der Waals surface area contributed by atoms with Crippen LogP contribution in [0.15, 0.2) is 66.0 Å². The van der Waals surface area contributed by atoms with Gasteiger partial charge in [0.1, 0.15) is 5.69 Å². The SMILES string of the molecule is Cc1nc(-c2ccccc2NC(=O)c2ccc3ccccc3n2)cs1. The number of anilines is 1. The maximum atomic E-state index is 12.7. The molecule has 4 rings (SSSR count). The second kappa shape index (κ2) is 6.45. The van der Waals surface area contributed by atoms with Crippen LogP contribution in [-0.2, 0) is 0 Å². The molecule has 1 N–H and O–H groups in total. The summed E-state index contributed by atoms with van der Waals surface area (Å²) in [6, 6.07) is 19.1. The molecule has 2 heterocycles. The van der Waals surface area contributed by atoms with Crippen LogP contribution in [0.4, 0.5) is 5.69 Å². The number of hydrogen-bond acceptors (Lipinski definition) is 4. The van der Waals surface area contributed by atoms with E-state index in [1.54, 1.807) is 17.4 Å². The van der Waals surface area contributed by atoms with Crippen molar-refractivity contribution < 1.29 is 4.79 Å². The molecule has 0 fully saturated rings. The van der Waals surface area contributed by atoms with E-state index in [0.29, 0.717) is 5.69 Å². The molecule has 0 unspecified atom stereocenters. The Labute approximate surface area is 149 Å². The zero-order chi connectivity index (χ0) is 17.2. The summed E-state index contributed by atoms with van der Waals surface area (Å²) in [5.41, 5.74) is 3.69. The first-order valence-electron chi connectivity index (χ1n) is 7.89. The van der Waals surface area contributed by atoms with Gasteiger partial charge in [-0.05, 0) is 25.1 Å². The number of thiazole rings is 1. The van der Waals surface area contributed by atoms with Gasteiger partial charge in [0.25, 0.3) is 5.91 Å². The molecule has 2 aromatic heterocycles. The van der Waals surface area contributed by atoms with E-state index in [2.05, 4.69) is 15.3 Å². The number of benzene rings is 2. The van der Waals surface area contributed by atoms with E-state index >= 15 is 0 Å². The van der Waals surface area contributed by atoms with Gasteiger partial charge in [-0.3, -0.25) is 4.79 Å². The summed E-state index contributed by atoms with van der Waals surface area (Å²) in [6.07, 6.45) is 0. The normalized spacial score (nSPS) is 10.8. The lowest BCUT2D eigenvalue weighted by atomic mass is 10.1. The van der Waals surface area contributed by atoms with Gasteiger partial charge in [0.2, 0.25) is 0 Å². The number of nitrogens with zero attached hydrogens (tertiary/aromatic N) is 2. The molecule has 0 aliphatic carbocycles. The minimum atomic E-state index is -0.231. The highest BCUT2D eigenvalue weighted by Gasteiger charge is 2.13. The van der Waals surface area contributed by atoms with Crippen molar-refractivity contribution in [3.63, 3.8) is 0 Å². The summed E-state index contributed by atoms with van der Waals surface area (Å²) < 4.78 is 0. The molecular formula is C20H15N3OS. The van der Waals surface area contributed by atoms with Crippen LogP contribution < -0.4 is 5.32 Å². The summed E-state index contributed by atoms with van der Waals surface area (Å²) >= 11 is 1.59. The van der Waals surface area contributed by atoms with Gasteiger partial charge in [-0.15, -0.1) is 11.3 Å². The number of carbonyl (C=O) groups excluding carboxylic acids is 1. The molecular weight excluding hydrogens is 330 g/mol. The van der Waals surface area contributed by atoms with E-state index in [9.17, 15) is 4.79 Å². The van der Waals surface area contributed by atoms with Crippen LogP contribution in [0.25, 0.3) is 22.2 Å². The van der Waals surface area contributed by atoms with Crippen molar-refractivity contribution in [1.29, 1.82) is 0 Å². The number of pyridine rings is 1. The quantitative estimate of drug-likeness (QED) is 0.573. The lowest BCUT2D eigenvalue weighted by molar-refractivity contribution is 0.102. The fourth-order valence-corrected chi connectivity index (χ4v) is 3.29. The molecule has 0 bridgehead atoms. The number of hydrogen-bond donors (Lipinski definition) is 1. The molecule has 122 valence electrons. The number of aryl methyl sites for hydroxylation is 1. The number of aromatic nitrogens is 2. The van der Waals surface area contributed by atoms with Crippen LogP contribution in [-0.4, -0.2) is 15.9 Å². The second-order valence-electron chi connectivity index (χ2n) is 5.64. The molecule has 0 radical (unpaired) electrons. The zero-order valence-electron chi connectivity index (χ0n) is 13.6. The average Bonchev–Trinajstić information content (AvgIpc) is 3.08. The molecule has 0 aliphatic heterocycles. The van der Waals surface area contributed by atoms with Crippen molar-refractivity contribution in [3.8, 4) is 11.3 Å². The monoisotopic (exact) mass is 345 g/mol. The Morgan fingerprint density at radius 1 is 0.960 bits per heavy atom. The molecule has 0 saturated heterocycles. The third-order valence-electron chi connectivity index (χ3n) is 3.90. The highest BCUT2D eigenvalue weighted by molar-refractivity contribution is 7.09. The molecule has 0 spiro atoms. The van der Waals surface area contributed by atoms with Gasteiger partial charge in [0.15, 0.2) is 0 Å². The van der Waals surface area contributed by atoms with Crippen LogP contribution in [0.1, 0.15) is 15.5 Å². The first kappa shape index (κ1) is 15.5. The van der Waals surface area contributed by atoms with Crippen LogP contribution in [0.3, 0.4) is 0 Å². The summed E-state index contributed by atoms with van der Waals surface area (Å²) in [5, 5.41) is 6.96. The number of nitrogens with one attached hydrogen (secondary N) is 1. The highest BCUT2D eigenvalue weighted by atomic mass is 32.1. The maximum Gasteiger partial charge on any atom is 0.274 e. The molecule has 4 nitrogen and oxygen atoms in total. The van der Waals surface area contributed by atoms with E-state index in [4.69, 9.17) is 0 Å². The van der Waals surface area contributed by atoms with Crippen LogP contribution in [0.5, 0.6) is 0 Å². The summed E-state index contributed by atoms with van der Waals surface area (Å²) in [4.78, 5) is 21.6. The van der Waals surface area contributed by atoms with Crippen molar-refractivity contribution >= 4 is 33.8 Å². The molecule has 4 aromatic rings. The van der Waals surface area contributed by atoms with Gasteiger partial charge >= 0.3 is 0 Å². The molecule has 0 aliphatic rings. The van der Waals surface area contributed by atoms with E-state index in [1.165, 1.54) is 0 Å². The topological polar surface area (TPSA) is 54.9 Å². The molecule has 2 aromatic carbocycles. The number of rotatable bonds is 3. The fraction of sp³-hybridized carbons (Fsp3) is 0.0500. The molecule has 5 heteroatoms. The minimum absolute atomic E-state index is 0.231. The van der Waals surface area contributed by atoms with Crippen molar-refractivity contribution in [2.45, 2.75) is 6.92 Å². The van der Waals surface area contributed by atoms with Crippen molar-refractivity contribution in [2.75, 3.05) is 5.32 Å². The van der Waals surface area contributed by atoms with Crippen molar-refractivity contribution in [2.24, 2.45) is 0 Å². The fourth-order valence-electron chi connectivity index (χ4n) is 2.68. The van der Waals surface area contributed by atoms with Gasteiger partial charge in [-0.25, -0.2) is 9.97 Å². The lowest BCUT2D eigenvalue weighted by Crippen LogP contribution is -2.14. The summed E-state index contributed by atoms with van der Waals surface area (Å²) in [5.74, 6) is -0.231. The van der Waals surface area contributed by atoms with E-state index < -0.39 is 0 Å². The minimum Gasteiger partial charge on any atom is -0.320 e. The maximum absolute atomic E-state index is 12.7. The Bertz CT molecular complexity index is 1070. The van der Waals surface area contributed by atoms with Gasteiger partial charge in [-0.1, -0.05) is 42.5 Å². The third-order valence-corrected chi connectivity index (χ3v) is 4.67. The van der Waals surface area contributed by atoms with Gasteiger partial charge in [0.05, 0.1) is 21.9 Å². The Hall–Kier alpha value is -3.05. The molecule has 0 atom stereocenters. The molecule has 25 heavy (non-hydrogen) atoms. The van der Waals surface area contributed by atoms with Gasteiger partial charge in [0, 0.05) is 16.3 Å². The first-order valence-corrected chi connectivity index (χ1v) is 8.77.